The highest BCUT2D eigenvalue weighted by atomic mass is 15.2. The number of para-hydroxylation sites is 1. The molecule has 0 saturated heterocycles. The first-order chi connectivity index (χ1) is 9.40. The van der Waals surface area contributed by atoms with Gasteiger partial charge in [0.1, 0.15) is 0 Å². The Labute approximate surface area is 112 Å². The van der Waals surface area contributed by atoms with E-state index in [0.717, 1.165) is 22.0 Å². The zero-order valence-electron chi connectivity index (χ0n) is 10.5. The van der Waals surface area contributed by atoms with Gasteiger partial charge in [-0.1, -0.05) is 54.6 Å². The molecule has 0 amide bonds. The third-order valence-electron chi connectivity index (χ3n) is 3.27. The molecule has 1 aromatic heterocycles. The van der Waals surface area contributed by atoms with E-state index in [0.29, 0.717) is 0 Å². The number of rotatable bonds is 3. The van der Waals surface area contributed by atoms with E-state index in [2.05, 4.69) is 40.7 Å². The van der Waals surface area contributed by atoms with Crippen LogP contribution in [0.2, 0.25) is 0 Å². The number of hydrogen-bond acceptors (Lipinski definition) is 3. The molecule has 0 radical (unpaired) electrons. The molecule has 0 aliphatic rings. The quantitative estimate of drug-likeness (QED) is 0.554. The summed E-state index contributed by atoms with van der Waals surface area (Å²) in [5.74, 6) is 5.75. The number of benzene rings is 2. The van der Waals surface area contributed by atoms with Crippen LogP contribution in [0.1, 0.15) is 17.2 Å². The lowest BCUT2D eigenvalue weighted by molar-refractivity contribution is 0.640. The van der Waals surface area contributed by atoms with E-state index >= 15 is 0 Å². The van der Waals surface area contributed by atoms with Crippen LogP contribution in [0, 0.1) is 0 Å². The molecular formula is C16H15N3. The first-order valence-corrected chi connectivity index (χ1v) is 6.25. The molecular weight excluding hydrogens is 234 g/mol. The number of fused-ring (bicyclic) bond motifs is 1. The summed E-state index contributed by atoms with van der Waals surface area (Å²) >= 11 is 0. The van der Waals surface area contributed by atoms with Gasteiger partial charge in [-0.2, -0.15) is 0 Å². The Hall–Kier alpha value is -2.23. The summed E-state index contributed by atoms with van der Waals surface area (Å²) in [5.41, 5.74) is 6.09. The molecule has 19 heavy (non-hydrogen) atoms. The van der Waals surface area contributed by atoms with Crippen molar-refractivity contribution in [2.75, 3.05) is 0 Å². The number of nitrogens with two attached hydrogens (primary N) is 1. The lowest BCUT2D eigenvalue weighted by Gasteiger charge is -2.18. The highest BCUT2D eigenvalue weighted by Crippen LogP contribution is 2.26. The Morgan fingerprint density at radius 3 is 2.47 bits per heavy atom. The molecule has 3 N–H and O–H groups in total. The fraction of sp³-hybridized carbons (Fsp3) is 0.0625. The number of pyridine rings is 1. The van der Waals surface area contributed by atoms with Gasteiger partial charge in [-0.25, -0.2) is 5.43 Å². The normalized spacial score (nSPS) is 12.5. The second kappa shape index (κ2) is 5.18. The van der Waals surface area contributed by atoms with E-state index in [1.807, 2.05) is 36.5 Å². The van der Waals surface area contributed by atoms with E-state index in [-0.39, 0.29) is 6.04 Å². The molecule has 1 heterocycles. The molecule has 0 aliphatic heterocycles. The predicted octanol–water partition coefficient (Wildman–Crippen LogP) is 2.79. The second-order valence-electron chi connectivity index (χ2n) is 4.43. The van der Waals surface area contributed by atoms with Crippen LogP contribution >= 0.6 is 0 Å². The summed E-state index contributed by atoms with van der Waals surface area (Å²) in [4.78, 5) is 4.48. The van der Waals surface area contributed by atoms with Crippen molar-refractivity contribution >= 4 is 10.9 Å². The van der Waals surface area contributed by atoms with Crippen LogP contribution in [0.25, 0.3) is 10.9 Å². The van der Waals surface area contributed by atoms with E-state index in [4.69, 9.17) is 5.84 Å². The van der Waals surface area contributed by atoms with Crippen LogP contribution in [0.3, 0.4) is 0 Å². The van der Waals surface area contributed by atoms with Crippen molar-refractivity contribution in [3.05, 3.63) is 78.0 Å². The van der Waals surface area contributed by atoms with Gasteiger partial charge in [0.15, 0.2) is 0 Å². The van der Waals surface area contributed by atoms with Crippen molar-refractivity contribution in [2.45, 2.75) is 6.04 Å². The zero-order chi connectivity index (χ0) is 13.1. The van der Waals surface area contributed by atoms with Gasteiger partial charge in [0.2, 0.25) is 0 Å². The highest BCUT2D eigenvalue weighted by molar-refractivity contribution is 5.82. The van der Waals surface area contributed by atoms with Crippen molar-refractivity contribution in [1.29, 1.82) is 0 Å². The van der Waals surface area contributed by atoms with Crippen LogP contribution < -0.4 is 11.3 Å². The largest absolute Gasteiger partial charge is 0.271 e. The maximum atomic E-state index is 5.75. The molecule has 0 aliphatic carbocycles. The minimum atomic E-state index is -0.0557. The minimum absolute atomic E-state index is 0.0557. The molecule has 0 bridgehead atoms. The summed E-state index contributed by atoms with van der Waals surface area (Å²) in [6, 6.07) is 20.3. The number of nitrogens with one attached hydrogen (secondary N) is 1. The number of hydrazine groups is 1. The molecule has 0 spiro atoms. The molecule has 0 fully saturated rings. The van der Waals surface area contributed by atoms with Crippen LogP contribution in [0.5, 0.6) is 0 Å². The minimum Gasteiger partial charge on any atom is -0.271 e. The Balaban J connectivity index is 2.17. The summed E-state index contributed by atoms with van der Waals surface area (Å²) in [6.45, 7) is 0. The zero-order valence-corrected chi connectivity index (χ0v) is 10.5. The highest BCUT2D eigenvalue weighted by Gasteiger charge is 2.15. The first-order valence-electron chi connectivity index (χ1n) is 6.25. The van der Waals surface area contributed by atoms with Gasteiger partial charge in [-0.3, -0.25) is 10.8 Å². The second-order valence-corrected chi connectivity index (χ2v) is 4.43. The molecule has 1 atom stereocenters. The van der Waals surface area contributed by atoms with Gasteiger partial charge >= 0.3 is 0 Å². The Bertz CT molecular complexity index is 674. The maximum Gasteiger partial charge on any atom is 0.0753 e. The fourth-order valence-corrected chi connectivity index (χ4v) is 2.37. The number of aromatic nitrogens is 1. The van der Waals surface area contributed by atoms with Gasteiger partial charge in [-0.15, -0.1) is 0 Å². The molecule has 1 unspecified atom stereocenters. The van der Waals surface area contributed by atoms with Crippen LogP contribution in [-0.4, -0.2) is 4.98 Å². The van der Waals surface area contributed by atoms with Crippen LogP contribution in [0.4, 0.5) is 0 Å². The van der Waals surface area contributed by atoms with Gasteiger partial charge < -0.3 is 0 Å². The standard InChI is InChI=1S/C16H15N3/c17-19-16(13-6-2-1-3-7-13)14-10-4-8-12-9-5-11-18-15(12)14/h1-11,16,19H,17H2. The van der Waals surface area contributed by atoms with Crippen molar-refractivity contribution in [3.63, 3.8) is 0 Å². The van der Waals surface area contributed by atoms with Gasteiger partial charge in [0, 0.05) is 17.1 Å². The molecule has 2 aromatic carbocycles. The lowest BCUT2D eigenvalue weighted by atomic mass is 9.97. The molecule has 3 nitrogen and oxygen atoms in total. The topological polar surface area (TPSA) is 50.9 Å². The molecule has 3 aromatic rings. The summed E-state index contributed by atoms with van der Waals surface area (Å²) in [7, 11) is 0. The molecule has 3 rings (SSSR count). The Morgan fingerprint density at radius 1 is 0.895 bits per heavy atom. The predicted molar refractivity (Wildman–Crippen MR) is 77.4 cm³/mol. The van der Waals surface area contributed by atoms with E-state index in [1.54, 1.807) is 0 Å². The van der Waals surface area contributed by atoms with Crippen molar-refractivity contribution < 1.29 is 0 Å². The SMILES string of the molecule is NNC(c1ccccc1)c1cccc2cccnc12. The van der Waals surface area contributed by atoms with Gasteiger partial charge in [0.25, 0.3) is 0 Å². The number of hydrogen-bond donors (Lipinski definition) is 2. The molecule has 0 saturated carbocycles. The fourth-order valence-electron chi connectivity index (χ4n) is 2.37. The third kappa shape index (κ3) is 2.21. The Morgan fingerprint density at radius 2 is 1.68 bits per heavy atom. The van der Waals surface area contributed by atoms with E-state index in [1.165, 1.54) is 0 Å². The summed E-state index contributed by atoms with van der Waals surface area (Å²) in [6.07, 6.45) is 1.81. The maximum absolute atomic E-state index is 5.75. The monoisotopic (exact) mass is 249 g/mol. The van der Waals surface area contributed by atoms with E-state index < -0.39 is 0 Å². The Kier molecular flexibility index (Phi) is 3.23. The summed E-state index contributed by atoms with van der Waals surface area (Å²) in [5, 5.41) is 1.12. The van der Waals surface area contributed by atoms with E-state index in [9.17, 15) is 0 Å². The number of nitrogens with zero attached hydrogens (tertiary/aromatic N) is 1. The average Bonchev–Trinajstić information content (AvgIpc) is 2.49. The van der Waals surface area contributed by atoms with Crippen molar-refractivity contribution in [3.8, 4) is 0 Å². The average molecular weight is 249 g/mol. The molecule has 3 heteroatoms. The van der Waals surface area contributed by atoms with Crippen molar-refractivity contribution in [1.82, 2.24) is 10.4 Å². The third-order valence-corrected chi connectivity index (χ3v) is 3.27. The van der Waals surface area contributed by atoms with Crippen LogP contribution in [0.15, 0.2) is 66.9 Å². The smallest absolute Gasteiger partial charge is 0.0753 e. The lowest BCUT2D eigenvalue weighted by Crippen LogP contribution is -2.29. The molecule has 94 valence electrons. The van der Waals surface area contributed by atoms with Crippen LogP contribution in [-0.2, 0) is 0 Å². The summed E-state index contributed by atoms with van der Waals surface area (Å²) < 4.78 is 0. The van der Waals surface area contributed by atoms with Gasteiger partial charge in [-0.05, 0) is 11.6 Å². The van der Waals surface area contributed by atoms with Crippen molar-refractivity contribution in [2.24, 2.45) is 5.84 Å². The first kappa shape index (κ1) is 11.8. The van der Waals surface area contributed by atoms with Gasteiger partial charge in [0.05, 0.1) is 11.6 Å².